The number of fused-ring (bicyclic) bond motifs is 3. The quantitative estimate of drug-likeness (QED) is 0.0622. The Balaban J connectivity index is 1.51. The molecule has 4 heterocycles. The number of phenolic OH excluding ortho intramolecular Hbond substituents is 1. The van der Waals surface area contributed by atoms with E-state index in [9.17, 15) is 49.1 Å². The van der Waals surface area contributed by atoms with Gasteiger partial charge in [0.05, 0.1) is 17.1 Å². The standard InChI is InChI=1S/C54H75N9O12/c1-12-13-17-36-46(65)58-38(26-34-27-61(54(8,9)45-28-75-45)39-18-15-14-16-35(34)39)52(71)59(10)41(21-29(2)3)48(67)57-37(24-33-19-20-44(64)40(25-33)63(73)74)47(66)55-32(7)51(70)60(11)43-23-31(6)50(69)62(53(43)72)42(22-30(4)5)49(68)56-36/h12-16,18-20,25,27,29-32,36-38,41-43,45,50,64,69H,17,21-24,26,28H2,1-11H3,(H,55,66)(H,56,68)(H,57,67)(H,58,65)/b13-12+/t31?,32-,36-,37-,38-,41-,42-,43-,45+,50+/m0/s1. The van der Waals surface area contributed by atoms with Gasteiger partial charge in [0.2, 0.25) is 41.4 Å². The number of rotatable bonds is 13. The van der Waals surface area contributed by atoms with Crippen molar-refractivity contribution in [3.8, 4) is 5.75 Å². The van der Waals surface area contributed by atoms with E-state index in [1.807, 2.05) is 72.0 Å². The van der Waals surface area contributed by atoms with Crippen molar-refractivity contribution in [2.45, 2.75) is 161 Å². The molecular weight excluding hydrogens is 967 g/mol. The van der Waals surface area contributed by atoms with E-state index in [0.29, 0.717) is 12.2 Å². The first-order chi connectivity index (χ1) is 35.3. The summed E-state index contributed by atoms with van der Waals surface area (Å²) in [6.45, 7) is 16.8. The number of carbonyl (C=O) groups is 7. The molecule has 2 bridgehead atoms. The van der Waals surface area contributed by atoms with Gasteiger partial charge in [0.1, 0.15) is 54.6 Å². The molecule has 3 saturated heterocycles. The summed E-state index contributed by atoms with van der Waals surface area (Å²) in [6, 6.07) is 1.75. The van der Waals surface area contributed by atoms with Crippen molar-refractivity contribution in [2.24, 2.45) is 17.8 Å². The van der Waals surface area contributed by atoms with E-state index in [1.165, 1.54) is 32.0 Å². The monoisotopic (exact) mass is 1040 g/mol. The molecule has 1 aromatic heterocycles. The number of carbonyl (C=O) groups excluding carboxylic acids is 7. The smallest absolute Gasteiger partial charge is 0.310 e. The van der Waals surface area contributed by atoms with Crippen LogP contribution in [0.1, 0.15) is 99.1 Å². The lowest BCUT2D eigenvalue weighted by atomic mass is 9.89. The van der Waals surface area contributed by atoms with Crippen LogP contribution >= 0.6 is 0 Å². The second kappa shape index (κ2) is 23.8. The third-order valence-electron chi connectivity index (χ3n) is 14.7. The number of aromatic nitrogens is 1. The number of piperidine rings is 1. The number of benzene rings is 2. The van der Waals surface area contributed by atoms with E-state index < -0.39 is 118 Å². The molecule has 0 spiro atoms. The molecule has 0 radical (unpaired) electrons. The molecular formula is C54H75N9O12. The van der Waals surface area contributed by atoms with Crippen molar-refractivity contribution < 1.29 is 53.4 Å². The summed E-state index contributed by atoms with van der Waals surface area (Å²) in [6.07, 6.45) is 3.36. The molecule has 0 saturated carbocycles. The van der Waals surface area contributed by atoms with Crippen LogP contribution in [0.2, 0.25) is 0 Å². The van der Waals surface area contributed by atoms with Gasteiger partial charge >= 0.3 is 5.69 Å². The van der Waals surface area contributed by atoms with Gasteiger partial charge in [-0.1, -0.05) is 71.0 Å². The van der Waals surface area contributed by atoms with Crippen LogP contribution in [0.4, 0.5) is 5.69 Å². The molecule has 3 aliphatic heterocycles. The number of amides is 7. The molecule has 3 aliphatic rings. The maximum Gasteiger partial charge on any atom is 0.310 e. The first kappa shape index (κ1) is 57.4. The summed E-state index contributed by atoms with van der Waals surface area (Å²) in [4.78, 5) is 118. The molecule has 21 heteroatoms. The number of nitrogens with one attached hydrogen (secondary N) is 4. The number of para-hydroxylation sites is 1. The largest absolute Gasteiger partial charge is 0.502 e. The molecule has 75 heavy (non-hydrogen) atoms. The number of likely N-dealkylation sites (N-methyl/N-ethyl adjacent to an activating group) is 2. The zero-order valence-electron chi connectivity index (χ0n) is 44.9. The van der Waals surface area contributed by atoms with Gasteiger partial charge in [-0.15, -0.1) is 0 Å². The number of hydrogen-bond donors (Lipinski definition) is 6. The van der Waals surface area contributed by atoms with Crippen molar-refractivity contribution in [3.63, 3.8) is 0 Å². The van der Waals surface area contributed by atoms with Crippen LogP contribution in [0, 0.1) is 27.9 Å². The Morgan fingerprint density at radius 1 is 0.800 bits per heavy atom. The second-order valence-electron chi connectivity index (χ2n) is 21.8. The summed E-state index contributed by atoms with van der Waals surface area (Å²) in [5.41, 5.74) is 0.535. The van der Waals surface area contributed by atoms with E-state index in [1.54, 1.807) is 26.0 Å². The fraction of sp³-hybridized carbons (Fsp3) is 0.574. The zero-order chi connectivity index (χ0) is 55.4. The van der Waals surface area contributed by atoms with Crippen LogP contribution in [0.5, 0.6) is 5.75 Å². The summed E-state index contributed by atoms with van der Waals surface area (Å²) >= 11 is 0. The number of nitrogens with zero attached hydrogens (tertiary/aromatic N) is 5. The Kier molecular flexibility index (Phi) is 18.2. The van der Waals surface area contributed by atoms with Crippen LogP contribution < -0.4 is 21.3 Å². The van der Waals surface area contributed by atoms with Gasteiger partial charge < -0.3 is 55.5 Å². The highest BCUT2D eigenvalue weighted by Gasteiger charge is 2.48. The van der Waals surface area contributed by atoms with Crippen molar-refractivity contribution in [3.05, 3.63) is 82.1 Å². The normalized spacial score (nSPS) is 27.1. The molecule has 10 atom stereocenters. The zero-order valence-corrected chi connectivity index (χ0v) is 44.9. The number of aliphatic hydroxyl groups excluding tert-OH is 1. The van der Waals surface area contributed by atoms with Gasteiger partial charge in [-0.25, -0.2) is 0 Å². The summed E-state index contributed by atoms with van der Waals surface area (Å²) < 4.78 is 7.84. The maximum absolute atomic E-state index is 15.4. The van der Waals surface area contributed by atoms with Crippen LogP contribution in [-0.4, -0.2) is 151 Å². The number of allylic oxidation sites excluding steroid dienone is 1. The fourth-order valence-electron chi connectivity index (χ4n) is 10.2. The predicted molar refractivity (Wildman–Crippen MR) is 278 cm³/mol. The minimum atomic E-state index is -1.53. The van der Waals surface area contributed by atoms with E-state index in [4.69, 9.17) is 4.74 Å². The number of aliphatic hydroxyl groups is 1. The molecule has 0 aliphatic carbocycles. The average Bonchev–Trinajstić information content (AvgIpc) is 4.16. The fourth-order valence-corrected chi connectivity index (χ4v) is 10.2. The first-order valence-electron chi connectivity index (χ1n) is 25.8. The Hall–Kier alpha value is -6.87. The number of phenols is 1. The van der Waals surface area contributed by atoms with Crippen LogP contribution in [0.3, 0.4) is 0 Å². The van der Waals surface area contributed by atoms with Gasteiger partial charge in [0.15, 0.2) is 5.75 Å². The Labute approximate surface area is 437 Å². The van der Waals surface area contributed by atoms with Gasteiger partial charge in [-0.3, -0.25) is 43.7 Å². The second-order valence-corrected chi connectivity index (χ2v) is 21.8. The minimum absolute atomic E-state index is 0.00916. The molecule has 6 rings (SSSR count). The summed E-state index contributed by atoms with van der Waals surface area (Å²) in [5.74, 6) is -7.06. The van der Waals surface area contributed by atoms with Gasteiger partial charge in [0, 0.05) is 56.0 Å². The molecule has 3 aromatic rings. The number of nitro benzene ring substituents is 1. The first-order valence-corrected chi connectivity index (χ1v) is 25.8. The molecule has 3 fully saturated rings. The maximum atomic E-state index is 15.4. The highest BCUT2D eigenvalue weighted by Crippen LogP contribution is 2.37. The van der Waals surface area contributed by atoms with Crippen molar-refractivity contribution in [2.75, 3.05) is 20.7 Å². The number of aromatic hydroxyl groups is 1. The molecule has 6 N–H and O–H groups in total. The lowest BCUT2D eigenvalue weighted by Gasteiger charge is -2.46. The van der Waals surface area contributed by atoms with Gasteiger partial charge in [0.25, 0.3) is 0 Å². The van der Waals surface area contributed by atoms with E-state index in [-0.39, 0.29) is 62.0 Å². The Morgan fingerprint density at radius 3 is 2.03 bits per heavy atom. The van der Waals surface area contributed by atoms with Crippen LogP contribution in [0.25, 0.3) is 10.9 Å². The van der Waals surface area contributed by atoms with E-state index in [2.05, 4.69) is 25.8 Å². The summed E-state index contributed by atoms with van der Waals surface area (Å²) in [7, 11) is 2.79. The van der Waals surface area contributed by atoms with Crippen LogP contribution in [-0.2, 0) is 56.7 Å². The molecule has 1 unspecified atom stereocenters. The minimum Gasteiger partial charge on any atom is -0.502 e. The topological polar surface area (TPSA) is 278 Å². The SMILES string of the molecule is C/C=C/C[C@@H]1NC(=O)[C@H](CC(C)C)N2C(=O)[C@H](CC(C)[C@H]2O)N(C)C(=O)[C@H](C)NC(=O)[C@H](Cc2ccc(O)c([N+](=O)[O-])c2)NC(=O)[C@H](CC(C)C)N(C)C(=O)[C@H](Cc2cn(C(C)(C)[C@H]3CO3)c3ccccc23)NC1=O. The van der Waals surface area contributed by atoms with Gasteiger partial charge in [-0.2, -0.15) is 0 Å². The summed E-state index contributed by atoms with van der Waals surface area (Å²) in [5, 5.41) is 45.9. The third-order valence-corrected chi connectivity index (χ3v) is 14.7. The van der Waals surface area contributed by atoms with Gasteiger partial charge in [-0.05, 0) is 88.5 Å². The number of ether oxygens (including phenoxy) is 1. The highest BCUT2D eigenvalue weighted by molar-refractivity contribution is 5.99. The molecule has 21 nitrogen and oxygen atoms in total. The van der Waals surface area contributed by atoms with E-state index in [0.717, 1.165) is 32.8 Å². The van der Waals surface area contributed by atoms with Crippen molar-refractivity contribution in [1.82, 2.24) is 40.5 Å². The van der Waals surface area contributed by atoms with Crippen LogP contribution in [0.15, 0.2) is 60.8 Å². The average molecular weight is 1040 g/mol. The molecule has 7 amide bonds. The predicted octanol–water partition coefficient (Wildman–Crippen LogP) is 3.41. The van der Waals surface area contributed by atoms with E-state index >= 15 is 4.79 Å². The van der Waals surface area contributed by atoms with Crippen molar-refractivity contribution >= 4 is 57.9 Å². The lowest BCUT2D eigenvalue weighted by molar-refractivity contribution is -0.385. The molecule has 2 aromatic carbocycles. The Morgan fingerprint density at radius 2 is 1.40 bits per heavy atom. The number of nitro groups is 1. The lowest BCUT2D eigenvalue weighted by Crippen LogP contribution is -2.66. The van der Waals surface area contributed by atoms with Crippen molar-refractivity contribution in [1.29, 1.82) is 0 Å². The third kappa shape index (κ3) is 13.0. The number of hydrogen-bond acceptors (Lipinski definition) is 12. The highest BCUT2D eigenvalue weighted by atomic mass is 16.6. The Bertz CT molecular complexity index is 2680. The number of epoxide rings is 1. The molecule has 408 valence electrons.